The number of nitrogens with zero attached hydrogens (tertiary/aromatic N) is 3. The van der Waals surface area contributed by atoms with Crippen molar-refractivity contribution in [2.45, 2.75) is 58.3 Å². The first-order valence-corrected chi connectivity index (χ1v) is 11.8. The summed E-state index contributed by atoms with van der Waals surface area (Å²) in [6, 6.07) is 18.8. The molecule has 176 valence electrons. The lowest BCUT2D eigenvalue weighted by atomic mass is 10.1. The molecular weight excluding hydrogens is 414 g/mol. The molecule has 1 N–H and O–H groups in total. The highest BCUT2D eigenvalue weighted by Crippen LogP contribution is 2.36. The van der Waals surface area contributed by atoms with E-state index in [2.05, 4.69) is 40.9 Å². The number of aliphatic hydroxyl groups excluding tert-OH is 1. The molecule has 1 aromatic heterocycles. The summed E-state index contributed by atoms with van der Waals surface area (Å²) in [4.78, 5) is 4.47. The van der Waals surface area contributed by atoms with Gasteiger partial charge in [0.15, 0.2) is 0 Å². The van der Waals surface area contributed by atoms with E-state index in [0.717, 1.165) is 46.9 Å². The number of para-hydroxylation sites is 1. The molecule has 4 rings (SSSR count). The number of hydrogen-bond donors (Lipinski definition) is 1. The Balaban J connectivity index is 1.52. The van der Waals surface area contributed by atoms with Crippen LogP contribution in [-0.4, -0.2) is 53.6 Å². The molecule has 1 aliphatic carbocycles. The van der Waals surface area contributed by atoms with E-state index < -0.39 is 6.10 Å². The van der Waals surface area contributed by atoms with Crippen LogP contribution in [0.2, 0.25) is 0 Å². The lowest BCUT2D eigenvalue weighted by molar-refractivity contribution is 0.0624. The highest BCUT2D eigenvalue weighted by atomic mass is 16.5. The summed E-state index contributed by atoms with van der Waals surface area (Å²) in [6.07, 6.45) is 1.70. The van der Waals surface area contributed by atoms with Crippen LogP contribution >= 0.6 is 0 Å². The highest BCUT2D eigenvalue weighted by Gasteiger charge is 2.33. The summed E-state index contributed by atoms with van der Waals surface area (Å²) in [5, 5.41) is 15.3. The van der Waals surface area contributed by atoms with Crippen molar-refractivity contribution in [3.63, 3.8) is 0 Å². The minimum absolute atomic E-state index is 0.266. The number of anilines is 1. The Hall–Kier alpha value is -2.83. The first kappa shape index (κ1) is 23.3. The van der Waals surface area contributed by atoms with E-state index in [0.29, 0.717) is 19.1 Å². The van der Waals surface area contributed by atoms with Gasteiger partial charge in [0.25, 0.3) is 0 Å². The summed E-state index contributed by atoms with van der Waals surface area (Å²) in [5.74, 6) is 1.61. The molecule has 1 heterocycles. The van der Waals surface area contributed by atoms with Gasteiger partial charge in [-0.05, 0) is 45.2 Å². The van der Waals surface area contributed by atoms with Gasteiger partial charge in [-0.15, -0.1) is 0 Å². The molecule has 6 nitrogen and oxygen atoms in total. The molecule has 0 bridgehead atoms. The molecule has 1 fully saturated rings. The van der Waals surface area contributed by atoms with Crippen LogP contribution in [0.25, 0.3) is 11.3 Å². The Labute approximate surface area is 196 Å². The van der Waals surface area contributed by atoms with Crippen molar-refractivity contribution in [2.24, 2.45) is 0 Å². The summed E-state index contributed by atoms with van der Waals surface area (Å²) < 4.78 is 11.8. The second kappa shape index (κ2) is 10.4. The second-order valence-corrected chi connectivity index (χ2v) is 9.28. The zero-order valence-corrected chi connectivity index (χ0v) is 20.1. The number of aromatic nitrogens is 1. The molecular formula is C27H35N3O3. The third-order valence-electron chi connectivity index (χ3n) is 6.30. The number of ether oxygens (including phenoxy) is 1. The van der Waals surface area contributed by atoms with Crippen LogP contribution in [0.4, 0.5) is 5.88 Å². The minimum atomic E-state index is -0.587. The Morgan fingerprint density at radius 1 is 1.09 bits per heavy atom. The molecule has 3 aromatic rings. The van der Waals surface area contributed by atoms with E-state index in [1.807, 2.05) is 56.4 Å². The van der Waals surface area contributed by atoms with E-state index in [9.17, 15) is 5.11 Å². The van der Waals surface area contributed by atoms with Gasteiger partial charge in [0.2, 0.25) is 5.88 Å². The first-order valence-electron chi connectivity index (χ1n) is 11.8. The SMILES string of the molecule is Cc1ccccc1OCC(O)CN(Cc1c(-c2ccccc2)noc1N(C)C(C)C)C1CC1. The van der Waals surface area contributed by atoms with Gasteiger partial charge in [-0.25, -0.2) is 0 Å². The van der Waals surface area contributed by atoms with Crippen LogP contribution in [0.3, 0.4) is 0 Å². The fourth-order valence-corrected chi connectivity index (χ4v) is 3.99. The molecule has 1 saturated carbocycles. The van der Waals surface area contributed by atoms with E-state index in [1.165, 1.54) is 0 Å². The van der Waals surface area contributed by atoms with E-state index in [1.54, 1.807) is 0 Å². The normalized spacial score (nSPS) is 14.6. The number of rotatable bonds is 11. The summed E-state index contributed by atoms with van der Waals surface area (Å²) >= 11 is 0. The summed E-state index contributed by atoms with van der Waals surface area (Å²) in [5.41, 5.74) is 4.05. The average Bonchev–Trinajstić information content (AvgIpc) is 3.58. The maximum Gasteiger partial charge on any atom is 0.232 e. The van der Waals surface area contributed by atoms with Gasteiger partial charge in [-0.3, -0.25) is 4.90 Å². The fourth-order valence-electron chi connectivity index (χ4n) is 3.99. The number of aryl methyl sites for hydroxylation is 1. The zero-order chi connectivity index (χ0) is 23.4. The maximum atomic E-state index is 10.8. The van der Waals surface area contributed by atoms with Gasteiger partial charge in [-0.2, -0.15) is 0 Å². The monoisotopic (exact) mass is 449 g/mol. The van der Waals surface area contributed by atoms with Gasteiger partial charge in [0.05, 0.1) is 5.56 Å². The Morgan fingerprint density at radius 3 is 2.45 bits per heavy atom. The molecule has 0 saturated heterocycles. The molecule has 0 aliphatic heterocycles. The lowest BCUT2D eigenvalue weighted by Crippen LogP contribution is -2.37. The smallest absolute Gasteiger partial charge is 0.232 e. The van der Waals surface area contributed by atoms with E-state index in [-0.39, 0.29) is 12.6 Å². The highest BCUT2D eigenvalue weighted by molar-refractivity contribution is 5.68. The van der Waals surface area contributed by atoms with Gasteiger partial charge >= 0.3 is 0 Å². The molecule has 2 aromatic carbocycles. The predicted molar refractivity (Wildman–Crippen MR) is 132 cm³/mol. The van der Waals surface area contributed by atoms with Crippen LogP contribution < -0.4 is 9.64 Å². The number of hydrogen-bond acceptors (Lipinski definition) is 6. The van der Waals surface area contributed by atoms with Gasteiger partial charge in [0, 0.05) is 37.8 Å². The standard InChI is InChI=1S/C27H35N3O3/c1-19(2)29(4)27-24(26(28-33-27)21-11-6-5-7-12-21)17-30(22-14-15-22)16-23(31)18-32-25-13-9-8-10-20(25)3/h5-13,19,22-23,31H,14-18H2,1-4H3. The van der Waals surface area contributed by atoms with Crippen LogP contribution in [-0.2, 0) is 6.54 Å². The van der Waals surface area contributed by atoms with Crippen molar-refractivity contribution < 1.29 is 14.4 Å². The van der Waals surface area contributed by atoms with Crippen molar-refractivity contribution in [2.75, 3.05) is 25.1 Å². The fraction of sp³-hybridized carbons (Fsp3) is 0.444. The number of aliphatic hydroxyl groups is 1. The molecule has 6 heteroatoms. The summed E-state index contributed by atoms with van der Waals surface area (Å²) in [7, 11) is 2.04. The molecule has 0 amide bonds. The molecule has 0 spiro atoms. The van der Waals surface area contributed by atoms with Crippen LogP contribution in [0, 0.1) is 6.92 Å². The van der Waals surface area contributed by atoms with Gasteiger partial charge < -0.3 is 19.3 Å². The Bertz CT molecular complexity index is 1030. The lowest BCUT2D eigenvalue weighted by Gasteiger charge is -2.27. The van der Waals surface area contributed by atoms with Gasteiger partial charge in [0.1, 0.15) is 24.2 Å². The minimum Gasteiger partial charge on any atom is -0.491 e. The van der Waals surface area contributed by atoms with Crippen molar-refractivity contribution in [1.29, 1.82) is 0 Å². The molecule has 0 radical (unpaired) electrons. The third-order valence-corrected chi connectivity index (χ3v) is 6.30. The second-order valence-electron chi connectivity index (χ2n) is 9.28. The largest absolute Gasteiger partial charge is 0.491 e. The molecule has 1 unspecified atom stereocenters. The number of benzene rings is 2. The summed E-state index contributed by atoms with van der Waals surface area (Å²) in [6.45, 7) is 7.77. The Kier molecular flexibility index (Phi) is 7.36. The van der Waals surface area contributed by atoms with Crippen molar-refractivity contribution in [3.05, 3.63) is 65.7 Å². The topological polar surface area (TPSA) is 62.0 Å². The molecule has 1 aliphatic rings. The van der Waals surface area contributed by atoms with Crippen molar-refractivity contribution in [1.82, 2.24) is 10.1 Å². The molecule has 1 atom stereocenters. The van der Waals surface area contributed by atoms with E-state index >= 15 is 0 Å². The maximum absolute atomic E-state index is 10.8. The van der Waals surface area contributed by atoms with E-state index in [4.69, 9.17) is 9.26 Å². The molecule has 33 heavy (non-hydrogen) atoms. The average molecular weight is 450 g/mol. The predicted octanol–water partition coefficient (Wildman–Crippen LogP) is 4.90. The zero-order valence-electron chi connectivity index (χ0n) is 20.1. The third kappa shape index (κ3) is 5.75. The quantitative estimate of drug-likeness (QED) is 0.449. The van der Waals surface area contributed by atoms with Crippen molar-refractivity contribution >= 4 is 5.88 Å². The first-order chi connectivity index (χ1) is 15.9. The van der Waals surface area contributed by atoms with Crippen molar-refractivity contribution in [3.8, 4) is 17.0 Å². The Morgan fingerprint density at radius 2 is 1.79 bits per heavy atom. The van der Waals surface area contributed by atoms with Crippen LogP contribution in [0.1, 0.15) is 37.8 Å². The van der Waals surface area contributed by atoms with Crippen LogP contribution in [0.5, 0.6) is 5.75 Å². The van der Waals surface area contributed by atoms with Crippen LogP contribution in [0.15, 0.2) is 59.1 Å². The van der Waals surface area contributed by atoms with Gasteiger partial charge in [-0.1, -0.05) is 53.7 Å².